The second kappa shape index (κ2) is 24.1. The smallest absolute Gasteiger partial charge is 0.328 e. The number of rotatable bonds is 19. The molecule has 4 aromatic rings. The SMILES string of the molecule is COc1ccc(-c2c(C#N)c(N)nc(SCc3coc(-c4ccc(Cl)cc4)n3)c2C#N)cc1.C[C@H](NC(=O)[C@@H](N)CC(N)=O)C(=O)OCCOC(=O)CNC(=O)C(N)CC(N)=O. The molecule has 0 saturated carbocycles. The Kier molecular flexibility index (Phi) is 19.1. The minimum Gasteiger partial charge on any atom is -0.497 e. The van der Waals surface area contributed by atoms with E-state index in [2.05, 4.69) is 32.7 Å². The van der Waals surface area contributed by atoms with E-state index < -0.39 is 60.2 Å². The van der Waals surface area contributed by atoms with Gasteiger partial charge in [0.25, 0.3) is 0 Å². The number of anilines is 1. The van der Waals surface area contributed by atoms with E-state index in [1.54, 1.807) is 49.8 Å². The summed E-state index contributed by atoms with van der Waals surface area (Å²) in [6.45, 7) is 0.195. The second-order valence-electron chi connectivity index (χ2n) is 12.7. The molecule has 2 aromatic heterocycles. The van der Waals surface area contributed by atoms with Crippen LogP contribution in [0.25, 0.3) is 22.6 Å². The first-order valence-electron chi connectivity index (χ1n) is 18.1. The third-order valence-corrected chi connectivity index (χ3v) is 9.28. The first-order chi connectivity index (χ1) is 29.5. The molecule has 2 heterocycles. The number of aromatic nitrogens is 2. The number of esters is 2. The van der Waals surface area contributed by atoms with Crippen molar-refractivity contribution in [2.75, 3.05) is 32.6 Å². The van der Waals surface area contributed by atoms with Crippen molar-refractivity contribution in [2.24, 2.45) is 22.9 Å². The highest BCUT2D eigenvalue weighted by Crippen LogP contribution is 2.37. The van der Waals surface area contributed by atoms with Crippen molar-refractivity contribution >= 4 is 64.7 Å². The van der Waals surface area contributed by atoms with Crippen molar-refractivity contribution in [3.8, 4) is 40.5 Å². The largest absolute Gasteiger partial charge is 0.497 e. The number of nitrogens with two attached hydrogens (primary N) is 5. The Morgan fingerprint density at radius 2 is 1.44 bits per heavy atom. The van der Waals surface area contributed by atoms with E-state index in [1.165, 1.54) is 18.7 Å². The monoisotopic (exact) mass is 891 g/mol. The van der Waals surface area contributed by atoms with Gasteiger partial charge in [-0.1, -0.05) is 35.5 Å². The van der Waals surface area contributed by atoms with E-state index >= 15 is 0 Å². The first kappa shape index (κ1) is 49.1. The number of nitriles is 2. The normalized spacial score (nSPS) is 11.8. The zero-order chi connectivity index (χ0) is 45.9. The number of ether oxygens (including phenoxy) is 3. The van der Waals surface area contributed by atoms with Crippen molar-refractivity contribution in [3.63, 3.8) is 0 Å². The molecule has 326 valence electrons. The minimum atomic E-state index is -1.20. The van der Waals surface area contributed by atoms with Gasteiger partial charge in [-0.3, -0.25) is 24.0 Å². The fourth-order valence-electron chi connectivity index (χ4n) is 4.95. The van der Waals surface area contributed by atoms with Gasteiger partial charge in [-0.2, -0.15) is 10.5 Å². The van der Waals surface area contributed by atoms with Crippen molar-refractivity contribution in [1.82, 2.24) is 20.6 Å². The molecule has 4 amide bonds. The average molecular weight is 892 g/mol. The molecule has 0 fully saturated rings. The number of benzene rings is 2. The second-order valence-corrected chi connectivity index (χ2v) is 14.1. The number of carbonyl (C=O) groups is 6. The van der Waals surface area contributed by atoms with E-state index in [9.17, 15) is 39.3 Å². The number of nitrogen functional groups attached to an aromatic ring is 1. The molecule has 23 heteroatoms. The predicted molar refractivity (Wildman–Crippen MR) is 223 cm³/mol. The number of hydrogen-bond donors (Lipinski definition) is 7. The summed E-state index contributed by atoms with van der Waals surface area (Å²) in [6, 6.07) is 15.1. The third kappa shape index (κ3) is 15.1. The Bertz CT molecular complexity index is 2330. The highest BCUT2D eigenvalue weighted by molar-refractivity contribution is 7.98. The maximum Gasteiger partial charge on any atom is 0.328 e. The summed E-state index contributed by atoms with van der Waals surface area (Å²) >= 11 is 7.23. The highest BCUT2D eigenvalue weighted by atomic mass is 35.5. The van der Waals surface area contributed by atoms with Crippen molar-refractivity contribution in [2.45, 2.75) is 48.7 Å². The van der Waals surface area contributed by atoms with Gasteiger partial charge in [0.1, 0.15) is 66.4 Å². The van der Waals surface area contributed by atoms with Gasteiger partial charge in [0.15, 0.2) is 0 Å². The van der Waals surface area contributed by atoms with Crippen LogP contribution in [-0.2, 0) is 44.0 Å². The van der Waals surface area contributed by atoms with Crippen LogP contribution in [0.15, 0.2) is 64.2 Å². The van der Waals surface area contributed by atoms with Crippen LogP contribution in [0.5, 0.6) is 5.75 Å². The highest BCUT2D eigenvalue weighted by Gasteiger charge is 2.24. The minimum absolute atomic E-state index is 0.0619. The summed E-state index contributed by atoms with van der Waals surface area (Å²) in [4.78, 5) is 76.5. The van der Waals surface area contributed by atoms with Gasteiger partial charge >= 0.3 is 11.9 Å². The maximum absolute atomic E-state index is 11.7. The number of methoxy groups -OCH3 is 1. The molecule has 0 aliphatic rings. The number of halogens is 1. The van der Waals surface area contributed by atoms with Gasteiger partial charge in [-0.15, -0.1) is 0 Å². The van der Waals surface area contributed by atoms with Crippen LogP contribution >= 0.6 is 23.4 Å². The van der Waals surface area contributed by atoms with E-state index in [1.807, 2.05) is 12.1 Å². The molecule has 0 bridgehead atoms. The lowest BCUT2D eigenvalue weighted by molar-refractivity contribution is -0.153. The number of nitrogens with zero attached hydrogens (tertiary/aromatic N) is 4. The van der Waals surface area contributed by atoms with Crippen LogP contribution in [0.4, 0.5) is 5.82 Å². The molecule has 0 aliphatic heterocycles. The molecule has 1 unspecified atom stereocenters. The Morgan fingerprint density at radius 3 is 2.02 bits per heavy atom. The van der Waals surface area contributed by atoms with Crippen molar-refractivity contribution in [1.29, 1.82) is 10.5 Å². The third-order valence-electron chi connectivity index (χ3n) is 8.02. The molecular formula is C39H42ClN11O10S. The Morgan fingerprint density at radius 1 is 0.855 bits per heavy atom. The van der Waals surface area contributed by atoms with Gasteiger partial charge in [-0.05, 0) is 48.9 Å². The van der Waals surface area contributed by atoms with Crippen LogP contribution in [0.3, 0.4) is 0 Å². The number of carbonyl (C=O) groups excluding carboxylic acids is 6. The van der Waals surface area contributed by atoms with Gasteiger partial charge in [0.05, 0.1) is 43.3 Å². The average Bonchev–Trinajstić information content (AvgIpc) is 3.72. The number of amides is 4. The predicted octanol–water partition coefficient (Wildman–Crippen LogP) is 0.783. The molecule has 4 rings (SSSR count). The van der Waals surface area contributed by atoms with Gasteiger partial charge in [0.2, 0.25) is 29.5 Å². The Balaban J connectivity index is 0.000000334. The number of primary amides is 2. The van der Waals surface area contributed by atoms with Crippen LogP contribution in [0.1, 0.15) is 36.6 Å². The number of hydrogen-bond acceptors (Lipinski definition) is 18. The molecule has 21 nitrogen and oxygen atoms in total. The van der Waals surface area contributed by atoms with Gasteiger partial charge in [-0.25, -0.2) is 14.8 Å². The molecule has 0 aliphatic carbocycles. The van der Waals surface area contributed by atoms with Crippen LogP contribution in [0.2, 0.25) is 5.02 Å². The van der Waals surface area contributed by atoms with Crippen molar-refractivity contribution < 1.29 is 47.4 Å². The summed E-state index contributed by atoms with van der Waals surface area (Å²) < 4.78 is 20.3. The lowest BCUT2D eigenvalue weighted by Gasteiger charge is -2.16. The molecule has 62 heavy (non-hydrogen) atoms. The van der Waals surface area contributed by atoms with E-state index in [4.69, 9.17) is 58.9 Å². The number of thioether (sulfide) groups is 1. The maximum atomic E-state index is 11.7. The summed E-state index contributed by atoms with van der Waals surface area (Å²) in [7, 11) is 1.57. The standard InChI is InChI=1S/C24H16ClN5O2S.C15H26N6O8/c1-31-18-8-4-14(5-9-18)21-19(10-26)22(28)30-24(20(21)11-27)33-13-17-12-32-23(29-17)15-2-6-16(25)7-3-15;1-7(21-14(26)9(17)5-11(19)23)15(27)29-3-2-28-12(24)6-20-13(25)8(16)4-10(18)22/h2-9,12H,13H2,1H3,(H2,28,30);7-9H,2-6,16-17H2,1H3,(H2,18,22)(H2,19,23)(H,20,25)(H,21,26)/t;7-,8?,9-/m.0/s1. The summed E-state index contributed by atoms with van der Waals surface area (Å²) in [5.74, 6) is -3.13. The zero-order valence-corrected chi connectivity index (χ0v) is 34.8. The summed E-state index contributed by atoms with van der Waals surface area (Å²) in [6.07, 6.45) is 0.799. The lowest BCUT2D eigenvalue weighted by Crippen LogP contribution is -2.49. The molecule has 3 atom stereocenters. The summed E-state index contributed by atoms with van der Waals surface area (Å²) in [5.41, 5.74) is 29.7. The molecule has 2 aromatic carbocycles. The molecule has 0 saturated heterocycles. The summed E-state index contributed by atoms with van der Waals surface area (Å²) in [5, 5.41) is 25.0. The van der Waals surface area contributed by atoms with Crippen LogP contribution in [-0.4, -0.2) is 90.5 Å². The quantitative estimate of drug-likeness (QED) is 0.0388. The van der Waals surface area contributed by atoms with E-state index in [-0.39, 0.29) is 43.0 Å². The number of nitrogens with one attached hydrogen (secondary N) is 2. The fraction of sp³-hybridized carbons (Fsp3) is 0.282. The van der Waals surface area contributed by atoms with Crippen LogP contribution in [0, 0.1) is 22.7 Å². The fourth-order valence-corrected chi connectivity index (χ4v) is 5.95. The molecule has 0 radical (unpaired) electrons. The van der Waals surface area contributed by atoms with Gasteiger partial charge < -0.3 is 57.9 Å². The first-order valence-corrected chi connectivity index (χ1v) is 19.4. The number of pyridine rings is 1. The van der Waals surface area contributed by atoms with Gasteiger partial charge in [0, 0.05) is 21.9 Å². The van der Waals surface area contributed by atoms with Crippen molar-refractivity contribution in [3.05, 3.63) is 76.6 Å². The molecular weight excluding hydrogens is 850 g/mol. The molecule has 0 spiro atoms. The Labute approximate surface area is 363 Å². The number of oxazole rings is 1. The topological polar surface area (TPSA) is 371 Å². The molecule has 12 N–H and O–H groups in total. The van der Waals surface area contributed by atoms with E-state index in [0.29, 0.717) is 44.3 Å². The lowest BCUT2D eigenvalue weighted by atomic mass is 9.97. The Hall–Kier alpha value is -7.24. The van der Waals surface area contributed by atoms with Crippen LogP contribution < -0.4 is 44.0 Å². The zero-order valence-electron chi connectivity index (χ0n) is 33.2. The van der Waals surface area contributed by atoms with E-state index in [0.717, 1.165) is 5.56 Å².